The van der Waals surface area contributed by atoms with Crippen LogP contribution in [0.5, 0.6) is 0 Å². The number of likely N-dealkylation sites (N-methyl/N-ethyl adjacent to an activating group) is 1. The van der Waals surface area contributed by atoms with Gasteiger partial charge in [0.1, 0.15) is 11.0 Å². The number of aromatic nitrogens is 2. The molecule has 2 aliphatic rings. The van der Waals surface area contributed by atoms with Gasteiger partial charge in [-0.3, -0.25) is 19.2 Å². The number of hydrogen-bond acceptors (Lipinski definition) is 8. The molecule has 13 heteroatoms. The van der Waals surface area contributed by atoms with Crippen molar-refractivity contribution in [3.63, 3.8) is 0 Å². The summed E-state index contributed by atoms with van der Waals surface area (Å²) in [4.78, 5) is 64.3. The van der Waals surface area contributed by atoms with Crippen molar-refractivity contribution >= 4 is 52.4 Å². The Bertz CT molecular complexity index is 1200. The smallest absolute Gasteiger partial charge is 0.314 e. The summed E-state index contributed by atoms with van der Waals surface area (Å²) in [6.45, 7) is 1.63. The highest BCUT2D eigenvalue weighted by Crippen LogP contribution is 2.28. The highest BCUT2D eigenvalue weighted by molar-refractivity contribution is 7.13. The van der Waals surface area contributed by atoms with Gasteiger partial charge in [0, 0.05) is 50.4 Å². The number of halogens is 1. The van der Waals surface area contributed by atoms with Gasteiger partial charge in [0.2, 0.25) is 5.91 Å². The Morgan fingerprint density at radius 2 is 1.86 bits per heavy atom. The molecular weight excluding hydrogens is 518 g/mol. The van der Waals surface area contributed by atoms with Gasteiger partial charge in [-0.2, -0.15) is 0 Å². The van der Waals surface area contributed by atoms with E-state index >= 15 is 0 Å². The summed E-state index contributed by atoms with van der Waals surface area (Å²) < 4.78 is 0. The number of hydrogen-bond donors (Lipinski definition) is 3. The van der Waals surface area contributed by atoms with Crippen molar-refractivity contribution in [2.45, 2.75) is 44.3 Å². The van der Waals surface area contributed by atoms with Gasteiger partial charge in [-0.1, -0.05) is 17.7 Å². The van der Waals surface area contributed by atoms with Crippen LogP contribution >= 0.6 is 22.9 Å². The van der Waals surface area contributed by atoms with Crippen LogP contribution in [0.4, 0.5) is 5.82 Å². The zero-order valence-corrected chi connectivity index (χ0v) is 22.5. The van der Waals surface area contributed by atoms with Gasteiger partial charge in [-0.05, 0) is 38.4 Å². The fourth-order valence-corrected chi connectivity index (χ4v) is 5.88. The van der Waals surface area contributed by atoms with Gasteiger partial charge in [-0.15, -0.1) is 11.3 Å². The second kappa shape index (κ2) is 11.5. The third-order valence-corrected chi connectivity index (χ3v) is 7.84. The molecule has 0 bridgehead atoms. The van der Waals surface area contributed by atoms with Crippen LogP contribution < -0.4 is 16.0 Å². The van der Waals surface area contributed by atoms with E-state index in [4.69, 9.17) is 11.6 Å². The maximum atomic E-state index is 13.2. The van der Waals surface area contributed by atoms with Crippen LogP contribution in [0, 0.1) is 5.92 Å². The molecule has 3 atom stereocenters. The highest BCUT2D eigenvalue weighted by Gasteiger charge is 2.37. The molecule has 37 heavy (non-hydrogen) atoms. The SMILES string of the molecule is CN1CCc2nc(C(=O)N[C@@H]3C[C@@H](C(=O)N(C)C)CC[C@@H]3NC(=O)C(=O)Nc3cccc(Cl)n3)sc2C1. The van der Waals surface area contributed by atoms with Gasteiger partial charge < -0.3 is 25.8 Å². The van der Waals surface area contributed by atoms with Crippen LogP contribution in [-0.2, 0) is 27.3 Å². The summed E-state index contributed by atoms with van der Waals surface area (Å²) in [5, 5.41) is 8.67. The maximum absolute atomic E-state index is 13.2. The average Bonchev–Trinajstić information content (AvgIpc) is 3.28. The Hall–Kier alpha value is -3.09. The fourth-order valence-electron chi connectivity index (χ4n) is 4.63. The van der Waals surface area contributed by atoms with Gasteiger partial charge in [0.05, 0.1) is 11.7 Å². The molecule has 3 N–H and O–H groups in total. The van der Waals surface area contributed by atoms with E-state index in [1.807, 2.05) is 7.05 Å². The Morgan fingerprint density at radius 3 is 2.59 bits per heavy atom. The largest absolute Gasteiger partial charge is 0.349 e. The second-order valence-corrected chi connectivity index (χ2v) is 11.0. The number of thiazole rings is 1. The summed E-state index contributed by atoms with van der Waals surface area (Å²) in [5.41, 5.74) is 0.939. The van der Waals surface area contributed by atoms with Crippen molar-refractivity contribution in [1.29, 1.82) is 0 Å². The molecule has 3 heterocycles. The molecule has 1 saturated carbocycles. The molecule has 0 unspecified atom stereocenters. The Balaban J connectivity index is 1.46. The molecule has 1 aliphatic carbocycles. The lowest BCUT2D eigenvalue weighted by atomic mass is 9.81. The normalized spacial score (nSPS) is 21.5. The zero-order chi connectivity index (χ0) is 26.7. The molecule has 1 aliphatic heterocycles. The van der Waals surface area contributed by atoms with Gasteiger partial charge in [0.15, 0.2) is 5.01 Å². The van der Waals surface area contributed by atoms with Crippen molar-refractivity contribution in [3.05, 3.63) is 38.9 Å². The average molecular weight is 548 g/mol. The van der Waals surface area contributed by atoms with E-state index in [1.54, 1.807) is 26.2 Å². The number of nitrogens with one attached hydrogen (secondary N) is 3. The molecule has 1 fully saturated rings. The molecule has 4 rings (SSSR count). The summed E-state index contributed by atoms with van der Waals surface area (Å²) >= 11 is 7.20. The monoisotopic (exact) mass is 547 g/mol. The van der Waals surface area contributed by atoms with E-state index in [9.17, 15) is 19.2 Å². The standard InChI is InChI=1S/C24H30ClN7O4S/c1-31(2)24(36)13-7-8-14(26-20(33)21(34)30-19-6-4-5-18(25)29-19)16(11-13)27-22(35)23-28-15-9-10-32(3)12-17(15)37-23/h4-6,13-14,16H,7-12H2,1-3H3,(H,26,33)(H,27,35)(H,29,30,34)/t13-,14-,16+/m0/s1. The molecule has 2 aromatic rings. The highest BCUT2D eigenvalue weighted by atomic mass is 35.5. The van der Waals surface area contributed by atoms with E-state index in [1.165, 1.54) is 22.3 Å². The van der Waals surface area contributed by atoms with Crippen LogP contribution in [0.15, 0.2) is 18.2 Å². The number of amides is 4. The molecule has 11 nitrogen and oxygen atoms in total. The molecule has 0 spiro atoms. The molecule has 0 saturated heterocycles. The first-order chi connectivity index (χ1) is 17.6. The third-order valence-electron chi connectivity index (χ3n) is 6.55. The molecule has 198 valence electrons. The number of nitrogens with zero attached hydrogens (tertiary/aromatic N) is 4. The predicted molar refractivity (Wildman–Crippen MR) is 139 cm³/mol. The van der Waals surface area contributed by atoms with Crippen LogP contribution in [0.25, 0.3) is 0 Å². The number of rotatable bonds is 5. The van der Waals surface area contributed by atoms with E-state index in [2.05, 4.69) is 30.8 Å². The van der Waals surface area contributed by atoms with Gasteiger partial charge in [0.25, 0.3) is 5.91 Å². The number of pyridine rings is 1. The molecular formula is C24H30ClN7O4S. The Morgan fingerprint density at radius 1 is 1.08 bits per heavy atom. The van der Waals surface area contributed by atoms with Gasteiger partial charge >= 0.3 is 11.8 Å². The number of carbonyl (C=O) groups is 4. The van der Waals surface area contributed by atoms with Crippen molar-refractivity contribution in [1.82, 2.24) is 30.4 Å². The summed E-state index contributed by atoms with van der Waals surface area (Å²) in [6.07, 6.45) is 2.05. The Kier molecular flexibility index (Phi) is 8.40. The number of carbonyl (C=O) groups excluding carboxylic acids is 4. The third kappa shape index (κ3) is 6.62. The van der Waals surface area contributed by atoms with Crippen LogP contribution in [0.1, 0.15) is 39.6 Å². The molecule has 4 amide bonds. The minimum absolute atomic E-state index is 0.0402. The van der Waals surface area contributed by atoms with E-state index in [0.717, 1.165) is 30.1 Å². The fraction of sp³-hybridized carbons (Fsp3) is 0.500. The van der Waals surface area contributed by atoms with Gasteiger partial charge in [-0.25, -0.2) is 9.97 Å². The summed E-state index contributed by atoms with van der Waals surface area (Å²) in [5.74, 6) is -2.31. The lowest BCUT2D eigenvalue weighted by molar-refractivity contribution is -0.137. The Labute approximate surface area is 224 Å². The van der Waals surface area contributed by atoms with Crippen LogP contribution in [0.3, 0.4) is 0 Å². The minimum atomic E-state index is -0.900. The first-order valence-corrected chi connectivity index (χ1v) is 13.2. The lowest BCUT2D eigenvalue weighted by Gasteiger charge is -2.37. The van der Waals surface area contributed by atoms with E-state index in [0.29, 0.717) is 24.3 Å². The van der Waals surface area contributed by atoms with E-state index in [-0.39, 0.29) is 28.7 Å². The quantitative estimate of drug-likeness (QED) is 0.379. The minimum Gasteiger partial charge on any atom is -0.349 e. The lowest BCUT2D eigenvalue weighted by Crippen LogP contribution is -2.57. The number of fused-ring (bicyclic) bond motifs is 1. The molecule has 0 aromatic carbocycles. The second-order valence-electron chi connectivity index (χ2n) is 9.58. The van der Waals surface area contributed by atoms with E-state index < -0.39 is 23.9 Å². The van der Waals surface area contributed by atoms with Crippen molar-refractivity contribution < 1.29 is 19.2 Å². The summed E-state index contributed by atoms with van der Waals surface area (Å²) in [7, 11) is 5.41. The number of anilines is 1. The summed E-state index contributed by atoms with van der Waals surface area (Å²) in [6, 6.07) is 3.58. The first kappa shape index (κ1) is 27.0. The molecule has 2 aromatic heterocycles. The van der Waals surface area contributed by atoms with Crippen molar-refractivity contribution in [2.75, 3.05) is 33.0 Å². The maximum Gasteiger partial charge on any atom is 0.314 e. The topological polar surface area (TPSA) is 137 Å². The predicted octanol–water partition coefficient (Wildman–Crippen LogP) is 1.29. The first-order valence-electron chi connectivity index (χ1n) is 12.0. The van der Waals surface area contributed by atoms with Crippen LogP contribution in [0.2, 0.25) is 5.15 Å². The zero-order valence-electron chi connectivity index (χ0n) is 20.9. The van der Waals surface area contributed by atoms with Crippen molar-refractivity contribution in [2.24, 2.45) is 5.92 Å². The van der Waals surface area contributed by atoms with Crippen LogP contribution in [-0.4, -0.2) is 83.2 Å². The van der Waals surface area contributed by atoms with Crippen molar-refractivity contribution in [3.8, 4) is 0 Å². The molecule has 0 radical (unpaired) electrons.